The predicted octanol–water partition coefficient (Wildman–Crippen LogP) is 4.37. The number of hydrogen-bond acceptors (Lipinski definition) is 6. The largest absolute Gasteiger partial charge is 0.492 e. The molecule has 0 radical (unpaired) electrons. The molecule has 3 aromatic rings. The first-order valence-electron chi connectivity index (χ1n) is 8.18. The highest BCUT2D eigenvalue weighted by molar-refractivity contribution is 5.64. The van der Waals surface area contributed by atoms with Crippen molar-refractivity contribution in [1.29, 1.82) is 0 Å². The normalized spacial score (nSPS) is 10.4. The topological polar surface area (TPSA) is 72.0 Å². The van der Waals surface area contributed by atoms with Crippen LogP contribution >= 0.6 is 0 Å². The van der Waals surface area contributed by atoms with E-state index in [1.165, 1.54) is 5.56 Å². The SMILES string of the molecule is CCOc1ccccc1Nc1nncc(Nc2cc(C)ccc2C)n1. The molecule has 6 nitrogen and oxygen atoms in total. The van der Waals surface area contributed by atoms with Crippen LogP contribution in [0.1, 0.15) is 18.1 Å². The third-order valence-corrected chi connectivity index (χ3v) is 3.65. The quantitative estimate of drug-likeness (QED) is 0.697. The van der Waals surface area contributed by atoms with Crippen LogP contribution < -0.4 is 15.4 Å². The number of anilines is 4. The molecule has 25 heavy (non-hydrogen) atoms. The molecule has 0 bridgehead atoms. The Morgan fingerprint density at radius 3 is 2.68 bits per heavy atom. The smallest absolute Gasteiger partial charge is 0.249 e. The van der Waals surface area contributed by atoms with Gasteiger partial charge in [0.15, 0.2) is 5.82 Å². The maximum Gasteiger partial charge on any atom is 0.249 e. The van der Waals surface area contributed by atoms with Gasteiger partial charge in [0.05, 0.1) is 18.5 Å². The highest BCUT2D eigenvalue weighted by atomic mass is 16.5. The van der Waals surface area contributed by atoms with Crippen molar-refractivity contribution in [3.8, 4) is 5.75 Å². The van der Waals surface area contributed by atoms with Gasteiger partial charge in [-0.25, -0.2) is 0 Å². The van der Waals surface area contributed by atoms with Gasteiger partial charge in [-0.2, -0.15) is 10.1 Å². The molecule has 0 spiro atoms. The number of hydrogen-bond donors (Lipinski definition) is 2. The second kappa shape index (κ2) is 7.61. The zero-order valence-electron chi connectivity index (χ0n) is 14.6. The van der Waals surface area contributed by atoms with Gasteiger partial charge < -0.3 is 15.4 Å². The third kappa shape index (κ3) is 4.23. The summed E-state index contributed by atoms with van der Waals surface area (Å²) in [6, 6.07) is 13.9. The van der Waals surface area contributed by atoms with Crippen LogP contribution in [0.15, 0.2) is 48.7 Å². The molecule has 6 heteroatoms. The average Bonchev–Trinajstić information content (AvgIpc) is 2.60. The summed E-state index contributed by atoms with van der Waals surface area (Å²) in [5.74, 6) is 1.78. The Balaban J connectivity index is 1.81. The van der Waals surface area contributed by atoms with Gasteiger partial charge in [-0.1, -0.05) is 24.3 Å². The Morgan fingerprint density at radius 2 is 1.84 bits per heavy atom. The summed E-state index contributed by atoms with van der Waals surface area (Å²) in [6.45, 7) is 6.64. The Kier molecular flexibility index (Phi) is 5.09. The van der Waals surface area contributed by atoms with Crippen molar-refractivity contribution in [2.75, 3.05) is 17.2 Å². The van der Waals surface area contributed by atoms with Crippen molar-refractivity contribution in [3.05, 3.63) is 59.8 Å². The first-order valence-corrected chi connectivity index (χ1v) is 8.18. The number of nitrogens with zero attached hydrogens (tertiary/aromatic N) is 3. The number of benzene rings is 2. The van der Waals surface area contributed by atoms with Gasteiger partial charge in [-0.05, 0) is 50.1 Å². The summed E-state index contributed by atoms with van der Waals surface area (Å²) in [5, 5.41) is 14.5. The van der Waals surface area contributed by atoms with Crippen LogP contribution in [0, 0.1) is 13.8 Å². The minimum Gasteiger partial charge on any atom is -0.492 e. The van der Waals surface area contributed by atoms with Crippen molar-refractivity contribution in [3.63, 3.8) is 0 Å². The first kappa shape index (κ1) is 16.7. The van der Waals surface area contributed by atoms with E-state index in [1.807, 2.05) is 38.1 Å². The molecule has 0 atom stereocenters. The van der Waals surface area contributed by atoms with Crippen LogP contribution in [-0.2, 0) is 0 Å². The first-order chi connectivity index (χ1) is 12.2. The van der Waals surface area contributed by atoms with Gasteiger partial charge in [0, 0.05) is 5.69 Å². The van der Waals surface area contributed by atoms with E-state index in [9.17, 15) is 0 Å². The van der Waals surface area contributed by atoms with Gasteiger partial charge in [0.2, 0.25) is 5.95 Å². The van der Waals surface area contributed by atoms with Crippen molar-refractivity contribution < 1.29 is 4.74 Å². The van der Waals surface area contributed by atoms with E-state index < -0.39 is 0 Å². The minimum atomic E-state index is 0.405. The number of rotatable bonds is 6. The van der Waals surface area contributed by atoms with Crippen molar-refractivity contribution in [1.82, 2.24) is 15.2 Å². The summed E-state index contributed by atoms with van der Waals surface area (Å²) in [7, 11) is 0. The number of aromatic nitrogens is 3. The van der Waals surface area contributed by atoms with Crippen LogP contribution in [0.2, 0.25) is 0 Å². The molecule has 1 aromatic heterocycles. The van der Waals surface area contributed by atoms with E-state index in [0.29, 0.717) is 18.4 Å². The fourth-order valence-electron chi connectivity index (χ4n) is 2.40. The van der Waals surface area contributed by atoms with E-state index >= 15 is 0 Å². The van der Waals surface area contributed by atoms with Gasteiger partial charge >= 0.3 is 0 Å². The van der Waals surface area contributed by atoms with E-state index in [4.69, 9.17) is 4.74 Å². The lowest BCUT2D eigenvalue weighted by molar-refractivity contribution is 0.342. The van der Waals surface area contributed by atoms with Crippen LogP contribution in [0.25, 0.3) is 0 Å². The Hall–Kier alpha value is -3.15. The van der Waals surface area contributed by atoms with Crippen molar-refractivity contribution >= 4 is 23.1 Å². The number of nitrogens with one attached hydrogen (secondary N) is 2. The molecule has 128 valence electrons. The molecule has 2 N–H and O–H groups in total. The van der Waals surface area contributed by atoms with E-state index in [-0.39, 0.29) is 0 Å². The van der Waals surface area contributed by atoms with Crippen LogP contribution in [0.4, 0.5) is 23.1 Å². The van der Waals surface area contributed by atoms with Crippen molar-refractivity contribution in [2.24, 2.45) is 0 Å². The fraction of sp³-hybridized carbons (Fsp3) is 0.211. The van der Waals surface area contributed by atoms with E-state index in [2.05, 4.69) is 50.9 Å². The maximum atomic E-state index is 5.61. The third-order valence-electron chi connectivity index (χ3n) is 3.65. The summed E-state index contributed by atoms with van der Waals surface area (Å²) in [6.07, 6.45) is 1.60. The van der Waals surface area contributed by atoms with Crippen LogP contribution in [-0.4, -0.2) is 21.8 Å². The van der Waals surface area contributed by atoms with E-state index in [1.54, 1.807) is 6.20 Å². The molecule has 0 saturated carbocycles. The van der Waals surface area contributed by atoms with Gasteiger partial charge in [-0.3, -0.25) is 0 Å². The molecule has 0 aliphatic heterocycles. The summed E-state index contributed by atoms with van der Waals surface area (Å²) in [4.78, 5) is 4.48. The molecule has 3 rings (SSSR count). The minimum absolute atomic E-state index is 0.405. The van der Waals surface area contributed by atoms with E-state index in [0.717, 1.165) is 22.7 Å². The fourth-order valence-corrected chi connectivity index (χ4v) is 2.40. The summed E-state index contributed by atoms with van der Waals surface area (Å²) < 4.78 is 5.61. The second-order valence-electron chi connectivity index (χ2n) is 5.66. The van der Waals surface area contributed by atoms with Gasteiger partial charge in [-0.15, -0.1) is 5.10 Å². The lowest BCUT2D eigenvalue weighted by Crippen LogP contribution is -2.04. The molecular weight excluding hydrogens is 314 g/mol. The molecule has 0 unspecified atom stereocenters. The summed E-state index contributed by atoms with van der Waals surface area (Å²) in [5.41, 5.74) is 4.12. The molecule has 0 fully saturated rings. The molecular formula is C19H21N5O. The average molecular weight is 335 g/mol. The molecule has 0 aliphatic carbocycles. The Labute approximate surface area is 147 Å². The highest BCUT2D eigenvalue weighted by Gasteiger charge is 2.07. The molecule has 0 saturated heterocycles. The molecule has 0 aliphatic rings. The standard InChI is InChI=1S/C19H21N5O/c1-4-25-17-8-6-5-7-15(17)22-19-23-18(12-20-24-19)21-16-11-13(2)9-10-14(16)3/h5-12H,4H2,1-3H3,(H2,21,22,23,24). The van der Waals surface area contributed by atoms with Crippen LogP contribution in [0.3, 0.4) is 0 Å². The monoisotopic (exact) mass is 335 g/mol. The number of aryl methyl sites for hydroxylation is 2. The molecule has 0 amide bonds. The predicted molar refractivity (Wildman–Crippen MR) is 99.9 cm³/mol. The Bertz CT molecular complexity index is 866. The molecule has 2 aromatic carbocycles. The number of para-hydroxylation sites is 2. The lowest BCUT2D eigenvalue weighted by Gasteiger charge is -2.12. The molecule has 1 heterocycles. The number of ether oxygens (including phenoxy) is 1. The maximum absolute atomic E-state index is 5.61. The van der Waals surface area contributed by atoms with Crippen LogP contribution in [0.5, 0.6) is 5.75 Å². The summed E-state index contributed by atoms with van der Waals surface area (Å²) >= 11 is 0. The zero-order chi connectivity index (χ0) is 17.6. The van der Waals surface area contributed by atoms with Crippen molar-refractivity contribution in [2.45, 2.75) is 20.8 Å². The lowest BCUT2D eigenvalue weighted by atomic mass is 10.1. The zero-order valence-corrected chi connectivity index (χ0v) is 14.6. The van der Waals surface area contributed by atoms with Gasteiger partial charge in [0.1, 0.15) is 5.75 Å². The highest BCUT2D eigenvalue weighted by Crippen LogP contribution is 2.26. The van der Waals surface area contributed by atoms with Gasteiger partial charge in [0.25, 0.3) is 0 Å². The Morgan fingerprint density at radius 1 is 1.00 bits per heavy atom. The second-order valence-corrected chi connectivity index (χ2v) is 5.66.